The van der Waals surface area contributed by atoms with Gasteiger partial charge in [0.15, 0.2) is 0 Å². The Balaban J connectivity index is 1.85. The van der Waals surface area contributed by atoms with Gasteiger partial charge in [-0.25, -0.2) is 12.7 Å². The molecule has 2 fully saturated rings. The molecule has 0 spiro atoms. The lowest BCUT2D eigenvalue weighted by Gasteiger charge is -2.37. The molecule has 0 aromatic carbocycles. The molecule has 0 aliphatic carbocycles. The SMILES string of the molecule is NCC1CN(S(=O)(=O)CC2CCCO2)C1. The molecule has 1 unspecified atom stereocenters. The van der Waals surface area contributed by atoms with Crippen LogP contribution < -0.4 is 5.73 Å². The van der Waals surface area contributed by atoms with Gasteiger partial charge in [0.05, 0.1) is 11.9 Å². The van der Waals surface area contributed by atoms with Gasteiger partial charge < -0.3 is 10.5 Å². The average molecular weight is 234 g/mol. The highest BCUT2D eigenvalue weighted by Crippen LogP contribution is 2.22. The van der Waals surface area contributed by atoms with Crippen molar-refractivity contribution in [2.24, 2.45) is 11.7 Å². The Morgan fingerprint density at radius 3 is 2.67 bits per heavy atom. The highest BCUT2D eigenvalue weighted by Gasteiger charge is 2.36. The summed E-state index contributed by atoms with van der Waals surface area (Å²) >= 11 is 0. The van der Waals surface area contributed by atoms with E-state index >= 15 is 0 Å². The largest absolute Gasteiger partial charge is 0.377 e. The maximum absolute atomic E-state index is 11.8. The van der Waals surface area contributed by atoms with Crippen LogP contribution in [0, 0.1) is 5.92 Å². The summed E-state index contributed by atoms with van der Waals surface area (Å²) in [5.74, 6) is 0.494. The Morgan fingerprint density at radius 2 is 2.13 bits per heavy atom. The van der Waals surface area contributed by atoms with Gasteiger partial charge in [0.1, 0.15) is 0 Å². The molecule has 0 bridgehead atoms. The number of nitrogens with zero attached hydrogens (tertiary/aromatic N) is 1. The molecule has 0 saturated carbocycles. The maximum atomic E-state index is 11.8. The van der Waals surface area contributed by atoms with Crippen LogP contribution in [-0.4, -0.2) is 50.8 Å². The zero-order valence-corrected chi connectivity index (χ0v) is 9.58. The standard InChI is InChI=1S/C9H18N2O3S/c10-4-8-5-11(6-8)15(12,13)7-9-2-1-3-14-9/h8-9H,1-7,10H2. The van der Waals surface area contributed by atoms with Gasteiger partial charge >= 0.3 is 0 Å². The average Bonchev–Trinajstić information content (AvgIpc) is 2.53. The predicted octanol–water partition coefficient (Wildman–Crippen LogP) is -0.614. The Hall–Kier alpha value is -0.170. The van der Waals surface area contributed by atoms with E-state index in [1.54, 1.807) is 0 Å². The lowest BCUT2D eigenvalue weighted by atomic mass is 10.0. The van der Waals surface area contributed by atoms with Crippen molar-refractivity contribution in [3.05, 3.63) is 0 Å². The third kappa shape index (κ3) is 2.50. The van der Waals surface area contributed by atoms with Crippen molar-refractivity contribution >= 4 is 10.0 Å². The smallest absolute Gasteiger partial charge is 0.216 e. The molecule has 2 N–H and O–H groups in total. The van der Waals surface area contributed by atoms with Crippen molar-refractivity contribution in [2.45, 2.75) is 18.9 Å². The molecule has 0 aromatic rings. The van der Waals surface area contributed by atoms with Crippen molar-refractivity contribution in [3.63, 3.8) is 0 Å². The first-order valence-electron chi connectivity index (χ1n) is 5.41. The van der Waals surface area contributed by atoms with E-state index in [2.05, 4.69) is 0 Å². The molecule has 0 aromatic heterocycles. The van der Waals surface area contributed by atoms with Gasteiger partial charge in [-0.15, -0.1) is 0 Å². The van der Waals surface area contributed by atoms with Gasteiger partial charge in [0.2, 0.25) is 10.0 Å². The summed E-state index contributed by atoms with van der Waals surface area (Å²) < 4.78 is 30.5. The number of nitrogens with two attached hydrogens (primary N) is 1. The first-order chi connectivity index (χ1) is 7.12. The number of sulfonamides is 1. The molecule has 6 heteroatoms. The molecule has 0 amide bonds. The third-order valence-electron chi connectivity index (χ3n) is 3.07. The first-order valence-corrected chi connectivity index (χ1v) is 7.02. The summed E-state index contributed by atoms with van der Waals surface area (Å²) in [7, 11) is -3.10. The third-order valence-corrected chi connectivity index (χ3v) is 4.95. The van der Waals surface area contributed by atoms with Gasteiger partial charge in [-0.3, -0.25) is 0 Å². The number of hydrogen-bond acceptors (Lipinski definition) is 4. The highest BCUT2D eigenvalue weighted by atomic mass is 32.2. The number of hydrogen-bond donors (Lipinski definition) is 1. The van der Waals surface area contributed by atoms with Gasteiger partial charge in [0.25, 0.3) is 0 Å². The molecule has 1 atom stereocenters. The zero-order chi connectivity index (χ0) is 10.9. The molecule has 0 radical (unpaired) electrons. The van der Waals surface area contributed by atoms with Gasteiger partial charge in [0, 0.05) is 19.7 Å². The Kier molecular flexibility index (Phi) is 3.30. The summed E-state index contributed by atoms with van der Waals surface area (Å²) in [6.45, 7) is 2.45. The Morgan fingerprint density at radius 1 is 1.40 bits per heavy atom. The molecular formula is C9H18N2O3S. The summed E-state index contributed by atoms with van der Waals surface area (Å²) in [5, 5.41) is 0. The second kappa shape index (κ2) is 4.37. The molecule has 88 valence electrons. The van der Waals surface area contributed by atoms with Crippen LogP contribution in [0.5, 0.6) is 0 Å². The maximum Gasteiger partial charge on any atom is 0.216 e. The lowest BCUT2D eigenvalue weighted by molar-refractivity contribution is 0.124. The summed E-state index contributed by atoms with van der Waals surface area (Å²) in [6, 6.07) is 0. The minimum atomic E-state index is -3.10. The fourth-order valence-electron chi connectivity index (χ4n) is 2.01. The van der Waals surface area contributed by atoms with E-state index in [4.69, 9.17) is 10.5 Å². The van der Waals surface area contributed by atoms with Gasteiger partial charge in [-0.1, -0.05) is 0 Å². The van der Waals surface area contributed by atoms with Crippen LogP contribution in [0.15, 0.2) is 0 Å². The molecule has 2 aliphatic rings. The van der Waals surface area contributed by atoms with E-state index in [0.717, 1.165) is 12.8 Å². The monoisotopic (exact) mass is 234 g/mol. The topological polar surface area (TPSA) is 72.6 Å². The van der Waals surface area contributed by atoms with E-state index in [1.165, 1.54) is 4.31 Å². The minimum absolute atomic E-state index is 0.0908. The van der Waals surface area contributed by atoms with E-state index in [1.807, 2.05) is 0 Å². The van der Waals surface area contributed by atoms with Crippen molar-refractivity contribution in [2.75, 3.05) is 32.0 Å². The normalized spacial score (nSPS) is 29.3. The zero-order valence-electron chi connectivity index (χ0n) is 8.76. The van der Waals surface area contributed by atoms with Crippen LogP contribution in [-0.2, 0) is 14.8 Å². The molecule has 5 nitrogen and oxygen atoms in total. The van der Waals surface area contributed by atoms with Crippen molar-refractivity contribution in [1.82, 2.24) is 4.31 Å². The highest BCUT2D eigenvalue weighted by molar-refractivity contribution is 7.89. The quantitative estimate of drug-likeness (QED) is 0.704. The van der Waals surface area contributed by atoms with Crippen molar-refractivity contribution in [1.29, 1.82) is 0 Å². The van der Waals surface area contributed by atoms with E-state index in [9.17, 15) is 8.42 Å². The van der Waals surface area contributed by atoms with E-state index in [-0.39, 0.29) is 11.9 Å². The lowest BCUT2D eigenvalue weighted by Crippen LogP contribution is -2.53. The van der Waals surface area contributed by atoms with Crippen LogP contribution in [0.2, 0.25) is 0 Å². The fourth-order valence-corrected chi connectivity index (χ4v) is 3.83. The predicted molar refractivity (Wildman–Crippen MR) is 56.9 cm³/mol. The van der Waals surface area contributed by atoms with Gasteiger partial charge in [-0.05, 0) is 25.3 Å². The molecule has 2 aliphatic heterocycles. The summed E-state index contributed by atoms with van der Waals surface area (Å²) in [4.78, 5) is 0. The number of rotatable bonds is 4. The summed E-state index contributed by atoms with van der Waals surface area (Å²) in [6.07, 6.45) is 1.76. The van der Waals surface area contributed by atoms with Crippen LogP contribution in [0.25, 0.3) is 0 Å². The second-order valence-electron chi connectivity index (χ2n) is 4.33. The Labute approximate surface area is 90.6 Å². The van der Waals surface area contributed by atoms with Gasteiger partial charge in [-0.2, -0.15) is 0 Å². The fraction of sp³-hybridized carbons (Fsp3) is 1.00. The second-order valence-corrected chi connectivity index (χ2v) is 6.35. The minimum Gasteiger partial charge on any atom is -0.377 e. The molecule has 15 heavy (non-hydrogen) atoms. The van der Waals surface area contributed by atoms with Crippen LogP contribution in [0.1, 0.15) is 12.8 Å². The van der Waals surface area contributed by atoms with E-state index < -0.39 is 10.0 Å². The molecule has 2 rings (SSSR count). The van der Waals surface area contributed by atoms with Crippen LogP contribution >= 0.6 is 0 Å². The van der Waals surface area contributed by atoms with Crippen molar-refractivity contribution in [3.8, 4) is 0 Å². The van der Waals surface area contributed by atoms with Crippen LogP contribution in [0.3, 0.4) is 0 Å². The molecule has 2 heterocycles. The van der Waals surface area contributed by atoms with Crippen molar-refractivity contribution < 1.29 is 13.2 Å². The number of ether oxygens (including phenoxy) is 1. The molecule has 2 saturated heterocycles. The first kappa shape index (κ1) is 11.3. The Bertz CT molecular complexity index is 305. The summed E-state index contributed by atoms with van der Waals surface area (Å²) in [5.41, 5.74) is 5.46. The van der Waals surface area contributed by atoms with E-state index in [0.29, 0.717) is 32.2 Å². The molecular weight excluding hydrogens is 216 g/mol. The van der Waals surface area contributed by atoms with Crippen LogP contribution in [0.4, 0.5) is 0 Å².